The van der Waals surface area contributed by atoms with Gasteiger partial charge in [0.1, 0.15) is 0 Å². The van der Waals surface area contributed by atoms with E-state index >= 15 is 0 Å². The second-order valence-electron chi connectivity index (χ2n) is 5.87. The highest BCUT2D eigenvalue weighted by Gasteiger charge is 2.15. The number of rotatable bonds is 8. The normalized spacial score (nSPS) is 11.0. The maximum atomic E-state index is 12.6. The van der Waals surface area contributed by atoms with E-state index in [1.54, 1.807) is 51.7 Å². The second-order valence-corrected chi connectivity index (χ2v) is 5.87. The van der Waals surface area contributed by atoms with E-state index in [9.17, 15) is 4.79 Å². The zero-order valence-electron chi connectivity index (χ0n) is 16.3. The minimum absolute atomic E-state index is 0.237. The lowest BCUT2D eigenvalue weighted by Crippen LogP contribution is -1.99. The van der Waals surface area contributed by atoms with Gasteiger partial charge in [-0.3, -0.25) is 4.79 Å². The van der Waals surface area contributed by atoms with Crippen molar-refractivity contribution < 1.29 is 28.2 Å². The molecule has 1 heterocycles. The van der Waals surface area contributed by atoms with Gasteiger partial charge in [-0.05, 0) is 42.8 Å². The molecule has 3 rings (SSSR count). The van der Waals surface area contributed by atoms with Crippen molar-refractivity contribution in [2.75, 3.05) is 27.9 Å². The lowest BCUT2D eigenvalue weighted by molar-refractivity contribution is 0.102. The van der Waals surface area contributed by atoms with Crippen LogP contribution in [0.4, 0.5) is 0 Å². The largest absolute Gasteiger partial charge is 0.493 e. The Morgan fingerprint density at radius 2 is 1.68 bits per heavy atom. The van der Waals surface area contributed by atoms with E-state index in [1.165, 1.54) is 6.08 Å². The Kier molecular flexibility index (Phi) is 5.89. The molecule has 2 aromatic carbocycles. The molecule has 0 saturated heterocycles. The first-order chi connectivity index (χ1) is 13.6. The summed E-state index contributed by atoms with van der Waals surface area (Å²) in [6.07, 6.45) is 3.12. The van der Waals surface area contributed by atoms with Crippen molar-refractivity contribution in [1.82, 2.24) is 0 Å². The summed E-state index contributed by atoms with van der Waals surface area (Å²) in [6.45, 7) is 2.36. The molecule has 3 aromatic rings. The third-order valence-corrected chi connectivity index (χ3v) is 4.17. The van der Waals surface area contributed by atoms with Crippen molar-refractivity contribution in [2.24, 2.45) is 0 Å². The molecular formula is C22H22O6. The minimum atomic E-state index is -0.259. The number of fused-ring (bicyclic) bond motifs is 1. The summed E-state index contributed by atoms with van der Waals surface area (Å²) in [4.78, 5) is 12.6. The van der Waals surface area contributed by atoms with Crippen molar-refractivity contribution in [2.45, 2.75) is 6.92 Å². The van der Waals surface area contributed by atoms with Crippen LogP contribution in [-0.4, -0.2) is 33.7 Å². The lowest BCUT2D eigenvalue weighted by Gasteiger charge is -2.14. The van der Waals surface area contributed by atoms with Crippen LogP contribution in [-0.2, 0) is 0 Å². The number of furan rings is 1. The number of para-hydroxylation sites is 1. The van der Waals surface area contributed by atoms with Crippen LogP contribution in [0.15, 0.2) is 46.9 Å². The Morgan fingerprint density at radius 3 is 2.29 bits per heavy atom. The molecule has 0 radical (unpaired) electrons. The van der Waals surface area contributed by atoms with Gasteiger partial charge in [-0.25, -0.2) is 0 Å². The topological polar surface area (TPSA) is 67.1 Å². The predicted molar refractivity (Wildman–Crippen MR) is 107 cm³/mol. The van der Waals surface area contributed by atoms with Crippen LogP contribution in [0.3, 0.4) is 0 Å². The smallest absolute Gasteiger partial charge is 0.221 e. The fourth-order valence-electron chi connectivity index (χ4n) is 2.86. The van der Waals surface area contributed by atoms with Crippen LogP contribution in [0.25, 0.3) is 17.0 Å². The van der Waals surface area contributed by atoms with Gasteiger partial charge in [0, 0.05) is 5.39 Å². The summed E-state index contributed by atoms with van der Waals surface area (Å²) in [7, 11) is 4.67. The number of allylic oxidation sites excluding steroid dienone is 1. The summed E-state index contributed by atoms with van der Waals surface area (Å²) >= 11 is 0. The van der Waals surface area contributed by atoms with Crippen LogP contribution in [0, 0.1) is 0 Å². The molecule has 0 fully saturated rings. The van der Waals surface area contributed by atoms with Gasteiger partial charge in [0.15, 0.2) is 28.6 Å². The molecule has 1 aromatic heterocycles. The van der Waals surface area contributed by atoms with Crippen molar-refractivity contribution in [3.63, 3.8) is 0 Å². The maximum Gasteiger partial charge on any atom is 0.221 e. The molecule has 0 spiro atoms. The van der Waals surface area contributed by atoms with Gasteiger partial charge in [0.25, 0.3) is 0 Å². The van der Waals surface area contributed by atoms with E-state index in [0.29, 0.717) is 35.2 Å². The van der Waals surface area contributed by atoms with Crippen LogP contribution in [0.1, 0.15) is 23.0 Å². The molecular weight excluding hydrogens is 360 g/mol. The third kappa shape index (κ3) is 3.81. The third-order valence-electron chi connectivity index (χ3n) is 4.17. The Morgan fingerprint density at radius 1 is 1.00 bits per heavy atom. The number of ether oxygens (including phenoxy) is 4. The first-order valence-corrected chi connectivity index (χ1v) is 8.79. The highest BCUT2D eigenvalue weighted by Crippen LogP contribution is 2.39. The predicted octanol–water partition coefficient (Wildman–Crippen LogP) is 4.75. The molecule has 0 aliphatic rings. The van der Waals surface area contributed by atoms with Crippen molar-refractivity contribution >= 4 is 22.8 Å². The molecule has 6 nitrogen and oxygen atoms in total. The molecule has 0 atom stereocenters. The SMILES string of the molecule is CCOc1c(OC)cc(/C=C/C(=O)c2cc3cccc(OC)c3o2)cc1OC. The second kappa shape index (κ2) is 8.52. The molecule has 28 heavy (non-hydrogen) atoms. The Bertz CT molecular complexity index is 990. The highest BCUT2D eigenvalue weighted by molar-refractivity contribution is 6.07. The Labute approximate surface area is 163 Å². The van der Waals surface area contributed by atoms with Crippen LogP contribution in [0.2, 0.25) is 0 Å². The Hall–Kier alpha value is -3.41. The summed E-state index contributed by atoms with van der Waals surface area (Å²) in [5.41, 5.74) is 1.28. The lowest BCUT2D eigenvalue weighted by atomic mass is 10.1. The van der Waals surface area contributed by atoms with E-state index in [-0.39, 0.29) is 11.5 Å². The number of methoxy groups -OCH3 is 3. The number of carbonyl (C=O) groups excluding carboxylic acids is 1. The molecule has 0 N–H and O–H groups in total. The number of benzene rings is 2. The van der Waals surface area contributed by atoms with E-state index < -0.39 is 0 Å². The fraction of sp³-hybridized carbons (Fsp3) is 0.227. The molecule has 0 aliphatic carbocycles. The minimum Gasteiger partial charge on any atom is -0.493 e. The zero-order chi connectivity index (χ0) is 20.1. The fourth-order valence-corrected chi connectivity index (χ4v) is 2.86. The molecule has 146 valence electrons. The summed E-state index contributed by atoms with van der Waals surface area (Å²) in [6, 6.07) is 10.7. The standard InChI is InChI=1S/C22H22O6/c1-5-27-22-19(25-3)11-14(12-20(22)26-4)9-10-16(23)18-13-15-7-6-8-17(24-2)21(15)28-18/h6-13H,5H2,1-4H3/b10-9+. The first-order valence-electron chi connectivity index (χ1n) is 8.79. The van der Waals surface area contributed by atoms with Gasteiger partial charge in [-0.1, -0.05) is 18.2 Å². The summed E-state index contributed by atoms with van der Waals surface area (Å²) in [5, 5.41) is 0.806. The van der Waals surface area contributed by atoms with E-state index in [4.69, 9.17) is 23.4 Å². The number of hydrogen-bond donors (Lipinski definition) is 0. The molecule has 6 heteroatoms. The molecule has 0 bridgehead atoms. The average molecular weight is 382 g/mol. The van der Waals surface area contributed by atoms with E-state index in [1.807, 2.05) is 19.1 Å². The highest BCUT2D eigenvalue weighted by atomic mass is 16.5. The van der Waals surface area contributed by atoms with Crippen LogP contribution in [0.5, 0.6) is 23.0 Å². The monoisotopic (exact) mass is 382 g/mol. The number of carbonyl (C=O) groups is 1. The quantitative estimate of drug-likeness (QED) is 0.414. The van der Waals surface area contributed by atoms with E-state index in [0.717, 1.165) is 10.9 Å². The Balaban J connectivity index is 1.90. The van der Waals surface area contributed by atoms with Crippen LogP contribution >= 0.6 is 0 Å². The molecule has 0 amide bonds. The molecule has 0 unspecified atom stereocenters. The molecule has 0 aliphatic heterocycles. The van der Waals surface area contributed by atoms with Gasteiger partial charge in [0.05, 0.1) is 27.9 Å². The van der Waals surface area contributed by atoms with Crippen molar-refractivity contribution in [1.29, 1.82) is 0 Å². The van der Waals surface area contributed by atoms with Gasteiger partial charge >= 0.3 is 0 Å². The summed E-state index contributed by atoms with van der Waals surface area (Å²) in [5.74, 6) is 2.15. The number of ketones is 1. The first kappa shape index (κ1) is 19.4. The molecule has 0 saturated carbocycles. The van der Waals surface area contributed by atoms with Gasteiger partial charge in [-0.15, -0.1) is 0 Å². The van der Waals surface area contributed by atoms with Gasteiger partial charge < -0.3 is 23.4 Å². The van der Waals surface area contributed by atoms with Crippen molar-refractivity contribution in [3.05, 3.63) is 53.8 Å². The van der Waals surface area contributed by atoms with E-state index in [2.05, 4.69) is 0 Å². The maximum absolute atomic E-state index is 12.6. The van der Waals surface area contributed by atoms with Gasteiger partial charge in [-0.2, -0.15) is 0 Å². The number of hydrogen-bond acceptors (Lipinski definition) is 6. The van der Waals surface area contributed by atoms with Gasteiger partial charge in [0.2, 0.25) is 11.5 Å². The average Bonchev–Trinajstić information content (AvgIpc) is 3.17. The van der Waals surface area contributed by atoms with Crippen LogP contribution < -0.4 is 18.9 Å². The van der Waals surface area contributed by atoms with Crippen molar-refractivity contribution in [3.8, 4) is 23.0 Å². The zero-order valence-corrected chi connectivity index (χ0v) is 16.3. The summed E-state index contributed by atoms with van der Waals surface area (Å²) < 4.78 is 27.3.